The van der Waals surface area contributed by atoms with Gasteiger partial charge in [0.1, 0.15) is 11.9 Å². The molecule has 0 aliphatic rings. The number of nitrogens with two attached hydrogens (primary N) is 1. The molecule has 0 aromatic heterocycles. The summed E-state index contributed by atoms with van der Waals surface area (Å²) >= 11 is 3.23. The fourth-order valence-electron chi connectivity index (χ4n) is 1.44. The van der Waals surface area contributed by atoms with Crippen LogP contribution < -0.4 is 5.73 Å². The van der Waals surface area contributed by atoms with E-state index in [1.807, 2.05) is 0 Å². The van der Waals surface area contributed by atoms with Crippen molar-refractivity contribution >= 4 is 21.9 Å². The van der Waals surface area contributed by atoms with Crippen LogP contribution in [-0.4, -0.2) is 24.2 Å². The van der Waals surface area contributed by atoms with Crippen molar-refractivity contribution in [1.29, 1.82) is 0 Å². The molecule has 4 nitrogen and oxygen atoms in total. The Balaban J connectivity index is 3.02. The maximum atomic E-state index is 13.9. The largest absolute Gasteiger partial charge is 0.480 e. The highest BCUT2D eigenvalue weighted by atomic mass is 79.9. The number of carboxylic acids is 1. The molecule has 6 heteroatoms. The van der Waals surface area contributed by atoms with Gasteiger partial charge in [-0.05, 0) is 17.7 Å². The number of ether oxygens (including phenoxy) is 1. The Morgan fingerprint density at radius 2 is 2.18 bits per heavy atom. The van der Waals surface area contributed by atoms with Crippen molar-refractivity contribution in [3.05, 3.63) is 33.5 Å². The highest BCUT2D eigenvalue weighted by Gasteiger charge is 2.17. The van der Waals surface area contributed by atoms with Crippen LogP contribution in [0.25, 0.3) is 0 Å². The molecule has 0 fully saturated rings. The summed E-state index contributed by atoms with van der Waals surface area (Å²) in [6.45, 7) is 0.126. The Bertz CT molecular complexity index is 425. The summed E-state index contributed by atoms with van der Waals surface area (Å²) in [6.07, 6.45) is -0.0582. The fourth-order valence-corrected chi connectivity index (χ4v) is 1.99. The molecule has 1 rings (SSSR count). The van der Waals surface area contributed by atoms with Crippen molar-refractivity contribution in [2.75, 3.05) is 7.11 Å². The van der Waals surface area contributed by atoms with Gasteiger partial charge >= 0.3 is 5.97 Å². The van der Waals surface area contributed by atoms with Crippen molar-refractivity contribution in [2.24, 2.45) is 5.73 Å². The van der Waals surface area contributed by atoms with Gasteiger partial charge in [-0.25, -0.2) is 4.39 Å². The number of hydrogen-bond acceptors (Lipinski definition) is 3. The third-order valence-electron chi connectivity index (χ3n) is 2.24. The molecule has 0 amide bonds. The molecule has 94 valence electrons. The average Bonchev–Trinajstić information content (AvgIpc) is 2.24. The number of carboxylic acid groups (broad SMARTS) is 1. The minimum Gasteiger partial charge on any atom is -0.480 e. The van der Waals surface area contributed by atoms with Gasteiger partial charge in [0.25, 0.3) is 0 Å². The minimum absolute atomic E-state index is 0.0582. The molecule has 0 saturated heterocycles. The van der Waals surface area contributed by atoms with E-state index in [9.17, 15) is 9.18 Å². The van der Waals surface area contributed by atoms with Crippen LogP contribution in [0.3, 0.4) is 0 Å². The Hall–Kier alpha value is -0.980. The molecule has 0 heterocycles. The van der Waals surface area contributed by atoms with Crippen LogP contribution in [0.2, 0.25) is 0 Å². The van der Waals surface area contributed by atoms with Gasteiger partial charge in [-0.3, -0.25) is 4.79 Å². The molecule has 0 radical (unpaired) electrons. The minimum atomic E-state index is -1.15. The van der Waals surface area contributed by atoms with E-state index in [0.29, 0.717) is 10.0 Å². The number of rotatable bonds is 5. The van der Waals surface area contributed by atoms with Gasteiger partial charge in [0, 0.05) is 23.6 Å². The Labute approximate surface area is 107 Å². The van der Waals surface area contributed by atoms with Gasteiger partial charge in [0.05, 0.1) is 6.61 Å². The third kappa shape index (κ3) is 3.76. The third-order valence-corrected chi connectivity index (χ3v) is 2.70. The monoisotopic (exact) mass is 305 g/mol. The van der Waals surface area contributed by atoms with E-state index in [1.165, 1.54) is 13.2 Å². The lowest BCUT2D eigenvalue weighted by Gasteiger charge is -2.11. The van der Waals surface area contributed by atoms with Crippen LogP contribution in [0, 0.1) is 5.82 Å². The maximum Gasteiger partial charge on any atom is 0.320 e. The first-order valence-corrected chi connectivity index (χ1v) is 5.69. The first kappa shape index (κ1) is 14.1. The van der Waals surface area contributed by atoms with E-state index in [-0.39, 0.29) is 18.6 Å². The Morgan fingerprint density at radius 1 is 1.59 bits per heavy atom. The predicted molar refractivity (Wildman–Crippen MR) is 64.1 cm³/mol. The molecule has 3 N–H and O–H groups in total. The van der Waals surface area contributed by atoms with E-state index < -0.39 is 17.8 Å². The summed E-state index contributed by atoms with van der Waals surface area (Å²) in [5.41, 5.74) is 6.01. The lowest BCUT2D eigenvalue weighted by Crippen LogP contribution is -2.32. The zero-order valence-corrected chi connectivity index (χ0v) is 10.8. The zero-order valence-electron chi connectivity index (χ0n) is 9.24. The summed E-state index contributed by atoms with van der Waals surface area (Å²) < 4.78 is 19.4. The summed E-state index contributed by atoms with van der Waals surface area (Å²) in [4.78, 5) is 10.6. The average molecular weight is 306 g/mol. The van der Waals surface area contributed by atoms with E-state index in [2.05, 4.69) is 15.9 Å². The second-order valence-corrected chi connectivity index (χ2v) is 4.54. The summed E-state index contributed by atoms with van der Waals surface area (Å²) in [6, 6.07) is 2.00. The summed E-state index contributed by atoms with van der Waals surface area (Å²) in [7, 11) is 1.46. The summed E-state index contributed by atoms with van der Waals surface area (Å²) in [5, 5.41) is 8.69. The van der Waals surface area contributed by atoms with Crippen LogP contribution in [0.1, 0.15) is 11.1 Å². The quantitative estimate of drug-likeness (QED) is 0.868. The SMILES string of the molecule is COCc1cc(Br)cc(CC(N)C(=O)O)c1F. The van der Waals surface area contributed by atoms with Crippen molar-refractivity contribution in [3.8, 4) is 0 Å². The topological polar surface area (TPSA) is 72.5 Å². The Kier molecular flexibility index (Phi) is 5.04. The Morgan fingerprint density at radius 3 is 2.71 bits per heavy atom. The molecule has 0 saturated carbocycles. The highest BCUT2D eigenvalue weighted by Crippen LogP contribution is 2.22. The number of aliphatic carboxylic acids is 1. The van der Waals surface area contributed by atoms with Crippen LogP contribution in [-0.2, 0) is 22.6 Å². The molecular weight excluding hydrogens is 293 g/mol. The van der Waals surface area contributed by atoms with E-state index in [0.717, 1.165) is 0 Å². The molecule has 1 unspecified atom stereocenters. The molecule has 0 aliphatic heterocycles. The van der Waals surface area contributed by atoms with Crippen molar-refractivity contribution in [1.82, 2.24) is 0 Å². The second kappa shape index (κ2) is 6.09. The lowest BCUT2D eigenvalue weighted by molar-refractivity contribution is -0.138. The molecular formula is C11H13BrFNO3. The molecule has 0 aliphatic carbocycles. The fraction of sp³-hybridized carbons (Fsp3) is 0.364. The second-order valence-electron chi connectivity index (χ2n) is 3.62. The van der Waals surface area contributed by atoms with Gasteiger partial charge in [-0.15, -0.1) is 0 Å². The number of halogens is 2. The van der Waals surface area contributed by atoms with Crippen molar-refractivity contribution < 1.29 is 19.0 Å². The predicted octanol–water partition coefficient (Wildman–Crippen LogP) is 1.69. The van der Waals surface area contributed by atoms with Gasteiger partial charge < -0.3 is 15.6 Å². The van der Waals surface area contributed by atoms with Crippen LogP contribution in [0.5, 0.6) is 0 Å². The van der Waals surface area contributed by atoms with Crippen molar-refractivity contribution in [3.63, 3.8) is 0 Å². The number of methoxy groups -OCH3 is 1. The molecule has 17 heavy (non-hydrogen) atoms. The molecule has 1 aromatic rings. The smallest absolute Gasteiger partial charge is 0.320 e. The standard InChI is InChI=1S/C11H13BrFNO3/c1-17-5-7-3-8(12)2-6(10(7)13)4-9(14)11(15)16/h2-3,9H,4-5,14H2,1H3,(H,15,16). The number of hydrogen-bond donors (Lipinski definition) is 2. The first-order chi connectivity index (χ1) is 7.95. The van der Waals surface area contributed by atoms with Crippen molar-refractivity contribution in [2.45, 2.75) is 19.1 Å². The molecule has 0 bridgehead atoms. The van der Waals surface area contributed by atoms with Gasteiger partial charge in [0.2, 0.25) is 0 Å². The van der Waals surface area contributed by atoms with E-state index in [4.69, 9.17) is 15.6 Å². The zero-order chi connectivity index (χ0) is 13.0. The maximum absolute atomic E-state index is 13.9. The van der Waals surface area contributed by atoms with Crippen LogP contribution in [0.4, 0.5) is 4.39 Å². The normalized spacial score (nSPS) is 12.5. The van der Waals surface area contributed by atoms with Gasteiger partial charge in [0.15, 0.2) is 0 Å². The van der Waals surface area contributed by atoms with E-state index in [1.54, 1.807) is 6.07 Å². The number of carbonyl (C=O) groups is 1. The molecule has 1 atom stereocenters. The van der Waals surface area contributed by atoms with Crippen LogP contribution >= 0.6 is 15.9 Å². The van der Waals surface area contributed by atoms with Gasteiger partial charge in [-0.2, -0.15) is 0 Å². The van der Waals surface area contributed by atoms with Gasteiger partial charge in [-0.1, -0.05) is 15.9 Å². The van der Waals surface area contributed by atoms with E-state index >= 15 is 0 Å². The molecule has 1 aromatic carbocycles. The van der Waals surface area contributed by atoms with Crippen LogP contribution in [0.15, 0.2) is 16.6 Å². The summed E-state index contributed by atoms with van der Waals surface area (Å²) in [5.74, 6) is -1.62. The highest BCUT2D eigenvalue weighted by molar-refractivity contribution is 9.10. The first-order valence-electron chi connectivity index (χ1n) is 4.89. The lowest BCUT2D eigenvalue weighted by atomic mass is 10.0. The number of benzene rings is 1. The molecule has 0 spiro atoms.